The quantitative estimate of drug-likeness (QED) is 0.352. The predicted molar refractivity (Wildman–Crippen MR) is 64.2 cm³/mol. The molecule has 84 valence electrons. The van der Waals surface area contributed by atoms with Crippen LogP contribution in [0.2, 0.25) is 0 Å². The molecular weight excluding hydrogens is 210 g/mol. The lowest BCUT2D eigenvalue weighted by Crippen LogP contribution is -1.99. The number of aryl methyl sites for hydroxylation is 1. The van der Waals surface area contributed by atoms with Crippen molar-refractivity contribution in [2.24, 2.45) is 5.16 Å². The fraction of sp³-hybridized carbons (Fsp3) is 0.600. The number of aromatic nitrogens is 1. The first-order valence-electron chi connectivity index (χ1n) is 5.09. The first-order valence-corrected chi connectivity index (χ1v) is 5.91. The van der Waals surface area contributed by atoms with Crippen LogP contribution in [-0.4, -0.2) is 22.4 Å². The Kier molecular flexibility index (Phi) is 4.55. The van der Waals surface area contributed by atoms with Crippen LogP contribution < -0.4 is 5.32 Å². The van der Waals surface area contributed by atoms with Crippen molar-refractivity contribution in [3.63, 3.8) is 0 Å². The summed E-state index contributed by atoms with van der Waals surface area (Å²) in [6.45, 7) is 6.79. The number of rotatable bonds is 5. The van der Waals surface area contributed by atoms with Gasteiger partial charge in [-0.1, -0.05) is 29.8 Å². The highest BCUT2D eigenvalue weighted by atomic mass is 32.1. The molecule has 4 nitrogen and oxygen atoms in total. The van der Waals surface area contributed by atoms with Crippen molar-refractivity contribution >= 4 is 22.2 Å². The van der Waals surface area contributed by atoms with Crippen molar-refractivity contribution in [1.82, 2.24) is 4.98 Å². The number of nitrogens with one attached hydrogen (secondary N) is 1. The van der Waals surface area contributed by atoms with E-state index >= 15 is 0 Å². The molecule has 0 aliphatic heterocycles. The third-order valence-electron chi connectivity index (χ3n) is 2.08. The van der Waals surface area contributed by atoms with Crippen molar-refractivity contribution in [3.05, 3.63) is 10.6 Å². The van der Waals surface area contributed by atoms with Crippen molar-refractivity contribution in [2.45, 2.75) is 33.6 Å². The van der Waals surface area contributed by atoms with E-state index in [1.807, 2.05) is 6.92 Å². The van der Waals surface area contributed by atoms with Gasteiger partial charge in [0.1, 0.15) is 0 Å². The molecule has 1 aromatic heterocycles. The molecule has 1 heterocycles. The van der Waals surface area contributed by atoms with Crippen LogP contribution in [-0.2, 0) is 0 Å². The third-order valence-corrected chi connectivity index (χ3v) is 3.31. The second-order valence-corrected chi connectivity index (χ2v) is 4.40. The summed E-state index contributed by atoms with van der Waals surface area (Å²) in [7, 11) is 0. The van der Waals surface area contributed by atoms with Gasteiger partial charge in [-0.15, -0.1) is 0 Å². The van der Waals surface area contributed by atoms with Gasteiger partial charge >= 0.3 is 0 Å². The first-order chi connectivity index (χ1) is 7.19. The Hall–Kier alpha value is -1.10. The van der Waals surface area contributed by atoms with E-state index in [0.29, 0.717) is 5.71 Å². The first kappa shape index (κ1) is 12.0. The number of oxime groups is 1. The van der Waals surface area contributed by atoms with E-state index in [2.05, 4.69) is 22.4 Å². The Bertz CT molecular complexity index is 346. The van der Waals surface area contributed by atoms with E-state index in [-0.39, 0.29) is 0 Å². The van der Waals surface area contributed by atoms with Crippen LogP contribution in [0.1, 0.15) is 37.3 Å². The molecule has 15 heavy (non-hydrogen) atoms. The lowest BCUT2D eigenvalue weighted by molar-refractivity contribution is 0.319. The minimum atomic E-state index is 0.619. The van der Waals surface area contributed by atoms with Crippen molar-refractivity contribution in [3.8, 4) is 0 Å². The van der Waals surface area contributed by atoms with Crippen molar-refractivity contribution < 1.29 is 5.21 Å². The maximum Gasteiger partial charge on any atom is 0.183 e. The summed E-state index contributed by atoms with van der Waals surface area (Å²) in [6.07, 6.45) is 2.31. The smallest absolute Gasteiger partial charge is 0.183 e. The summed E-state index contributed by atoms with van der Waals surface area (Å²) in [4.78, 5) is 5.31. The molecule has 0 atom stereocenters. The van der Waals surface area contributed by atoms with Gasteiger partial charge in [-0.25, -0.2) is 4.98 Å². The number of nitrogens with zero attached hydrogens (tertiary/aromatic N) is 2. The molecule has 5 heteroatoms. The van der Waals surface area contributed by atoms with Gasteiger partial charge in [0.05, 0.1) is 16.3 Å². The zero-order valence-electron chi connectivity index (χ0n) is 9.37. The average molecular weight is 227 g/mol. The fourth-order valence-electron chi connectivity index (χ4n) is 1.23. The summed E-state index contributed by atoms with van der Waals surface area (Å²) in [6, 6.07) is 0. The minimum absolute atomic E-state index is 0.619. The molecule has 0 unspecified atom stereocenters. The normalized spacial score (nSPS) is 11.8. The molecule has 0 saturated carbocycles. The van der Waals surface area contributed by atoms with Gasteiger partial charge in [0.15, 0.2) is 5.13 Å². The summed E-state index contributed by atoms with van der Waals surface area (Å²) in [5.41, 5.74) is 1.53. The largest absolute Gasteiger partial charge is 0.411 e. The summed E-state index contributed by atoms with van der Waals surface area (Å²) in [5, 5.41) is 16.0. The molecule has 0 aromatic carbocycles. The average Bonchev–Trinajstić information content (AvgIpc) is 2.59. The summed E-state index contributed by atoms with van der Waals surface area (Å²) >= 11 is 1.53. The highest BCUT2D eigenvalue weighted by Crippen LogP contribution is 2.23. The van der Waals surface area contributed by atoms with Crippen LogP contribution in [0.15, 0.2) is 5.16 Å². The van der Waals surface area contributed by atoms with Crippen LogP contribution in [0.4, 0.5) is 5.13 Å². The molecule has 2 N–H and O–H groups in total. The monoisotopic (exact) mass is 227 g/mol. The van der Waals surface area contributed by atoms with Crippen LogP contribution in [0.25, 0.3) is 0 Å². The number of unbranched alkanes of at least 4 members (excludes halogenated alkanes) is 1. The number of hydrogen-bond donors (Lipinski definition) is 2. The molecule has 0 aliphatic rings. The van der Waals surface area contributed by atoms with Gasteiger partial charge in [-0.3, -0.25) is 0 Å². The zero-order chi connectivity index (χ0) is 11.3. The summed E-state index contributed by atoms with van der Waals surface area (Å²) < 4.78 is 0. The predicted octanol–water partition coefficient (Wildman–Crippen LogP) is 2.86. The van der Waals surface area contributed by atoms with E-state index in [0.717, 1.165) is 28.7 Å². The topological polar surface area (TPSA) is 57.5 Å². The Morgan fingerprint density at radius 3 is 2.93 bits per heavy atom. The van der Waals surface area contributed by atoms with Gasteiger partial charge in [-0.05, 0) is 20.3 Å². The lowest BCUT2D eigenvalue weighted by atomic mass is 10.3. The Labute approximate surface area is 94.0 Å². The maximum atomic E-state index is 8.68. The lowest BCUT2D eigenvalue weighted by Gasteiger charge is -1.98. The van der Waals surface area contributed by atoms with E-state index in [9.17, 15) is 0 Å². The van der Waals surface area contributed by atoms with Gasteiger partial charge < -0.3 is 10.5 Å². The number of anilines is 1. The molecule has 0 amide bonds. The zero-order valence-corrected chi connectivity index (χ0v) is 10.2. The molecule has 0 radical (unpaired) electrons. The Balaban J connectivity index is 2.68. The van der Waals surface area contributed by atoms with Crippen molar-refractivity contribution in [2.75, 3.05) is 11.9 Å². The molecule has 0 fully saturated rings. The second-order valence-electron chi connectivity index (χ2n) is 3.40. The third kappa shape index (κ3) is 3.20. The maximum absolute atomic E-state index is 8.68. The van der Waals surface area contributed by atoms with Crippen LogP contribution >= 0.6 is 11.3 Å². The van der Waals surface area contributed by atoms with Crippen LogP contribution in [0, 0.1) is 6.92 Å². The van der Waals surface area contributed by atoms with E-state index < -0.39 is 0 Å². The van der Waals surface area contributed by atoms with Gasteiger partial charge in [0, 0.05) is 6.54 Å². The highest BCUT2D eigenvalue weighted by molar-refractivity contribution is 7.17. The SMILES string of the molecule is CCCCNc1nc(C)c(C(C)=NO)s1. The highest BCUT2D eigenvalue weighted by Gasteiger charge is 2.09. The molecule has 0 saturated heterocycles. The van der Waals surface area contributed by atoms with Crippen molar-refractivity contribution in [1.29, 1.82) is 0 Å². The number of thiazole rings is 1. The molecule has 0 bridgehead atoms. The Morgan fingerprint density at radius 2 is 2.33 bits per heavy atom. The second kappa shape index (κ2) is 5.70. The van der Waals surface area contributed by atoms with Gasteiger partial charge in [-0.2, -0.15) is 0 Å². The van der Waals surface area contributed by atoms with E-state index in [1.165, 1.54) is 17.8 Å². The minimum Gasteiger partial charge on any atom is -0.411 e. The van der Waals surface area contributed by atoms with E-state index in [1.54, 1.807) is 6.92 Å². The Morgan fingerprint density at radius 1 is 1.60 bits per heavy atom. The molecule has 0 spiro atoms. The van der Waals surface area contributed by atoms with Gasteiger partial charge in [0.2, 0.25) is 0 Å². The van der Waals surface area contributed by atoms with Crippen LogP contribution in [0.5, 0.6) is 0 Å². The standard InChI is InChI=1S/C10H17N3OS/c1-4-5-6-11-10-12-7(2)9(15-10)8(3)13-14/h14H,4-6H2,1-3H3,(H,11,12). The molecule has 1 rings (SSSR count). The molecular formula is C10H17N3OS. The molecule has 0 aliphatic carbocycles. The van der Waals surface area contributed by atoms with Gasteiger partial charge in [0.25, 0.3) is 0 Å². The number of hydrogen-bond acceptors (Lipinski definition) is 5. The van der Waals surface area contributed by atoms with E-state index in [4.69, 9.17) is 5.21 Å². The van der Waals surface area contributed by atoms with Crippen LogP contribution in [0.3, 0.4) is 0 Å². The molecule has 1 aromatic rings. The summed E-state index contributed by atoms with van der Waals surface area (Å²) in [5.74, 6) is 0. The fourth-order valence-corrected chi connectivity index (χ4v) is 2.16.